The Morgan fingerprint density at radius 1 is 0.107 bits per heavy atom. The van der Waals surface area contributed by atoms with Crippen LogP contribution in [0, 0.1) is 0 Å². The van der Waals surface area contributed by atoms with E-state index in [4.69, 9.17) is 59.1 Å². The highest BCUT2D eigenvalue weighted by molar-refractivity contribution is 5.94. The van der Waals surface area contributed by atoms with Gasteiger partial charge < -0.3 is 14.2 Å². The highest BCUT2D eigenvalue weighted by atomic mass is 16.5. The van der Waals surface area contributed by atoms with Gasteiger partial charge >= 0.3 is 0 Å². The van der Waals surface area contributed by atoms with Crippen molar-refractivity contribution in [2.45, 2.75) is 16.2 Å². The Labute approximate surface area is 867 Å². The molecule has 0 saturated heterocycles. The average Bonchev–Trinajstić information content (AvgIpc) is 1.56. The molecule has 30 rings (SSSR count). The fourth-order valence-corrected chi connectivity index (χ4v) is 23.4. The topological polar surface area (TPSA) is 144 Å². The fraction of sp³-hybridized carbons (Fsp3) is 0.0217. The highest BCUT2D eigenvalue weighted by Gasteiger charge is 2.55. The maximum absolute atomic E-state index is 6.83. The largest absolute Gasteiger partial charge is 0.457 e. The first-order chi connectivity index (χ1) is 74.3. The summed E-state index contributed by atoms with van der Waals surface area (Å²) < 4.78 is 20.3. The van der Waals surface area contributed by atoms with Crippen LogP contribution in [-0.4, -0.2) is 44.9 Å². The quantitative estimate of drug-likeness (QED) is 0.115. The molecular formula is C138H87N9O3. The number of para-hydroxylation sites is 3. The highest BCUT2D eigenvalue weighted by Crippen LogP contribution is 2.67. The van der Waals surface area contributed by atoms with Gasteiger partial charge in [-0.3, -0.25) is 0 Å². The van der Waals surface area contributed by atoms with Gasteiger partial charge in [-0.25, -0.2) is 44.9 Å². The molecule has 0 unspecified atom stereocenters. The molecule has 0 saturated carbocycles. The monoisotopic (exact) mass is 1920 g/mol. The summed E-state index contributed by atoms with van der Waals surface area (Å²) >= 11 is 0. The van der Waals surface area contributed by atoms with Gasteiger partial charge in [0, 0.05) is 83.5 Å². The lowest BCUT2D eigenvalue weighted by Gasteiger charge is -2.39. The Hall–Kier alpha value is -20.0. The fourth-order valence-electron chi connectivity index (χ4n) is 23.4. The van der Waals surface area contributed by atoms with Crippen LogP contribution in [0.1, 0.15) is 66.8 Å². The number of aromatic nitrogens is 9. The van der Waals surface area contributed by atoms with Crippen molar-refractivity contribution in [2.24, 2.45) is 0 Å². The van der Waals surface area contributed by atoms with Crippen molar-refractivity contribution >= 4 is 0 Å². The van der Waals surface area contributed by atoms with E-state index in [2.05, 4.69) is 400 Å². The number of nitrogens with zero attached hydrogens (tertiary/aromatic N) is 9. The number of hydrogen-bond acceptors (Lipinski definition) is 12. The van der Waals surface area contributed by atoms with E-state index in [0.29, 0.717) is 52.4 Å². The molecular weight excluding hydrogens is 1830 g/mol. The Kier molecular flexibility index (Phi) is 21.3. The zero-order valence-electron chi connectivity index (χ0n) is 81.0. The van der Waals surface area contributed by atoms with Crippen molar-refractivity contribution < 1.29 is 14.2 Å². The Morgan fingerprint density at radius 3 is 0.460 bits per heavy atom. The molecule has 0 fully saturated rings. The van der Waals surface area contributed by atoms with E-state index in [-0.39, 0.29) is 0 Å². The molecule has 6 heterocycles. The second-order valence-corrected chi connectivity index (χ2v) is 38.3. The van der Waals surface area contributed by atoms with Gasteiger partial charge in [-0.05, 0) is 137 Å². The zero-order valence-corrected chi connectivity index (χ0v) is 81.0. The van der Waals surface area contributed by atoms with Crippen LogP contribution in [0.5, 0.6) is 34.5 Å². The summed E-state index contributed by atoms with van der Waals surface area (Å²) in [5.74, 6) is 10.4. The van der Waals surface area contributed by atoms with E-state index < -0.39 is 16.2 Å². The van der Waals surface area contributed by atoms with Crippen LogP contribution in [0.4, 0.5) is 0 Å². The third-order valence-corrected chi connectivity index (χ3v) is 30.1. The smallest absolute Gasteiger partial charge is 0.164 e. The lowest BCUT2D eigenvalue weighted by Crippen LogP contribution is -2.32. The first-order valence-electron chi connectivity index (χ1n) is 50.6. The third kappa shape index (κ3) is 14.6. The number of benzene rings is 21. The van der Waals surface area contributed by atoms with Crippen molar-refractivity contribution in [1.29, 1.82) is 0 Å². The van der Waals surface area contributed by atoms with E-state index in [9.17, 15) is 0 Å². The first-order valence-corrected chi connectivity index (χ1v) is 50.6. The van der Waals surface area contributed by atoms with Gasteiger partial charge in [0.25, 0.3) is 0 Å². The second-order valence-electron chi connectivity index (χ2n) is 38.3. The van der Waals surface area contributed by atoms with E-state index in [0.717, 1.165) is 146 Å². The summed E-state index contributed by atoms with van der Waals surface area (Å²) in [7, 11) is 0. The Balaban J connectivity index is 0.000000109. The van der Waals surface area contributed by atoms with E-state index in [1.54, 1.807) is 0 Å². The Morgan fingerprint density at radius 2 is 0.247 bits per heavy atom. The minimum Gasteiger partial charge on any atom is -0.457 e. The average molecular weight is 1920 g/mol. The maximum Gasteiger partial charge on any atom is 0.164 e. The van der Waals surface area contributed by atoms with Crippen LogP contribution in [0.2, 0.25) is 0 Å². The van der Waals surface area contributed by atoms with Crippen molar-refractivity contribution in [2.75, 3.05) is 0 Å². The molecule has 0 bridgehead atoms. The minimum absolute atomic E-state index is 0.501. The standard InChI is InChI=1S/C52H33N3O.C46H29N3O.C40H25N3O/c1-3-13-34(14-4-1)36-23-27-38(28-24-36)49-53-50(39-29-25-37(26-30-39)35-15-5-2-6-16-35)55-51(54-49)40-31-32-46-48(33-40)56-47-22-12-11-21-45(47)52(46)43-19-9-7-17-41(43)42-18-8-10-20-44(42)52;1-3-13-30(14-4-1)31-23-25-33(26-24-31)44-47-43(32-15-5-2-6-16-32)48-45(49-44)34-27-28-40-42(29-34)50-41-22-12-11-21-39(41)46(40)37-19-9-7-17-35(37)36-18-8-10-20-38(36)46;1-3-13-26(14-4-1)37-41-38(27-15-5-2-6-16-27)43-39(42-37)28-23-24-34-36(25-28)44-35-22-12-11-21-33(35)40(34)31-19-9-7-17-29(31)30-18-8-10-20-32(30)40/h1-33H;1-29H;1-25H. The van der Waals surface area contributed by atoms with Crippen LogP contribution in [0.3, 0.4) is 0 Å². The molecule has 21 aromatic carbocycles. The van der Waals surface area contributed by atoms with Crippen molar-refractivity contribution in [3.05, 3.63) is 595 Å². The minimum atomic E-state index is -0.535. The maximum atomic E-state index is 6.83. The lowest BCUT2D eigenvalue weighted by atomic mass is 9.66. The van der Waals surface area contributed by atoms with E-state index >= 15 is 0 Å². The number of hydrogen-bond donors (Lipinski definition) is 0. The molecule has 702 valence electrons. The lowest BCUT2D eigenvalue weighted by molar-refractivity contribution is 0.436. The SMILES string of the molecule is c1ccc(-c2ccc(-c3nc(-c4ccc(-c5ccccc5)cc4)nc(-c4ccc5c(c4)Oc4ccccc4C54c5ccccc5-c5ccccc54)n3)cc2)cc1.c1ccc(-c2ccc(-c3nc(-c4ccccc4)nc(-c4ccc5c(c4)Oc4ccccc4C54c5ccccc5-c5ccccc54)n3)cc2)cc1.c1ccc(-c2nc(-c3ccccc3)nc(-c3ccc4c(c3)Oc3ccccc3C43c4ccccc4-c4ccccc43)n2)cc1. The third-order valence-electron chi connectivity index (χ3n) is 30.1. The molecule has 12 heteroatoms. The van der Waals surface area contributed by atoms with Crippen LogP contribution in [0.25, 0.3) is 169 Å². The van der Waals surface area contributed by atoms with Gasteiger partial charge in [-0.1, -0.05) is 491 Å². The Bertz CT molecular complexity index is 9110. The predicted octanol–water partition coefficient (Wildman–Crippen LogP) is 33.0. The van der Waals surface area contributed by atoms with E-state index in [1.165, 1.54) is 72.3 Å². The van der Waals surface area contributed by atoms with Crippen LogP contribution in [0.15, 0.2) is 528 Å². The molecule has 3 aliphatic carbocycles. The first kappa shape index (κ1) is 87.8. The molecule has 3 aromatic heterocycles. The summed E-state index contributed by atoms with van der Waals surface area (Å²) in [4.78, 5) is 45.3. The molecule has 3 spiro atoms. The summed E-state index contributed by atoms with van der Waals surface area (Å²) in [5.41, 5.74) is 35.3. The van der Waals surface area contributed by atoms with Gasteiger partial charge in [0.2, 0.25) is 0 Å². The summed E-state index contributed by atoms with van der Waals surface area (Å²) in [6, 6.07) is 184. The van der Waals surface area contributed by atoms with Crippen molar-refractivity contribution in [1.82, 2.24) is 44.9 Å². The van der Waals surface area contributed by atoms with Gasteiger partial charge in [-0.2, -0.15) is 0 Å². The molecule has 0 amide bonds. The summed E-state index contributed by atoms with van der Waals surface area (Å²) in [6.07, 6.45) is 0. The van der Waals surface area contributed by atoms with Crippen LogP contribution >= 0.6 is 0 Å². The van der Waals surface area contributed by atoms with Gasteiger partial charge in [-0.15, -0.1) is 0 Å². The molecule has 0 atom stereocenters. The summed E-state index contributed by atoms with van der Waals surface area (Å²) in [6.45, 7) is 0. The van der Waals surface area contributed by atoms with Gasteiger partial charge in [0.1, 0.15) is 34.5 Å². The van der Waals surface area contributed by atoms with Crippen molar-refractivity contribution in [3.8, 4) is 204 Å². The summed E-state index contributed by atoms with van der Waals surface area (Å²) in [5, 5.41) is 0. The molecule has 12 nitrogen and oxygen atoms in total. The number of fused-ring (bicyclic) bond motifs is 27. The van der Waals surface area contributed by atoms with Crippen molar-refractivity contribution in [3.63, 3.8) is 0 Å². The van der Waals surface area contributed by atoms with Gasteiger partial charge in [0.15, 0.2) is 52.4 Å². The second kappa shape index (κ2) is 36.4. The normalized spacial score (nSPS) is 13.1. The molecule has 3 aliphatic heterocycles. The van der Waals surface area contributed by atoms with Crippen LogP contribution < -0.4 is 14.2 Å². The predicted molar refractivity (Wildman–Crippen MR) is 597 cm³/mol. The molecule has 24 aromatic rings. The molecule has 6 aliphatic rings. The number of rotatable bonds is 12. The van der Waals surface area contributed by atoms with Gasteiger partial charge in [0.05, 0.1) is 16.2 Å². The molecule has 150 heavy (non-hydrogen) atoms. The number of ether oxygens (including phenoxy) is 3. The van der Waals surface area contributed by atoms with E-state index in [1.807, 2.05) is 127 Å². The molecule has 0 N–H and O–H groups in total. The molecule has 0 radical (unpaired) electrons. The zero-order chi connectivity index (χ0) is 99.2. The van der Waals surface area contributed by atoms with Crippen LogP contribution in [-0.2, 0) is 16.2 Å².